The fraction of sp³-hybridized carbons (Fsp3) is 0.421. The van der Waals surface area contributed by atoms with Gasteiger partial charge >= 0.3 is 0 Å². The Kier molecular flexibility index (Phi) is 3.82. The predicted molar refractivity (Wildman–Crippen MR) is 92.9 cm³/mol. The first-order chi connectivity index (χ1) is 12.1. The summed E-state index contributed by atoms with van der Waals surface area (Å²) >= 11 is 0. The van der Waals surface area contributed by atoms with Crippen LogP contribution in [0.3, 0.4) is 0 Å². The number of carbonyl (C=O) groups is 1. The molecule has 3 heterocycles. The number of aromatic nitrogens is 2. The van der Waals surface area contributed by atoms with E-state index >= 15 is 0 Å². The van der Waals surface area contributed by atoms with Crippen LogP contribution in [-0.2, 0) is 32.9 Å². The summed E-state index contributed by atoms with van der Waals surface area (Å²) in [6.07, 6.45) is 5.52. The number of aryl methyl sites for hydroxylation is 3. The van der Waals surface area contributed by atoms with Gasteiger partial charge in [0.2, 0.25) is 5.88 Å². The third-order valence-corrected chi connectivity index (χ3v) is 5.15. The zero-order chi connectivity index (χ0) is 17.6. The zero-order valence-corrected chi connectivity index (χ0v) is 14.5. The number of carbonyl (C=O) groups excluding carboxylic acids is 1. The van der Waals surface area contributed by atoms with Crippen LogP contribution < -0.4 is 10.3 Å². The van der Waals surface area contributed by atoms with E-state index in [1.54, 1.807) is 24.8 Å². The normalized spacial score (nSPS) is 15.7. The van der Waals surface area contributed by atoms with Gasteiger partial charge in [0.15, 0.2) is 0 Å². The van der Waals surface area contributed by atoms with E-state index in [-0.39, 0.29) is 11.5 Å². The van der Waals surface area contributed by atoms with Gasteiger partial charge in [-0.3, -0.25) is 9.59 Å². The molecule has 25 heavy (non-hydrogen) atoms. The molecule has 0 saturated heterocycles. The fourth-order valence-corrected chi connectivity index (χ4v) is 3.74. The van der Waals surface area contributed by atoms with Crippen molar-refractivity contribution in [2.45, 2.75) is 32.2 Å². The molecule has 130 valence electrons. The van der Waals surface area contributed by atoms with Gasteiger partial charge in [-0.05, 0) is 48.4 Å². The summed E-state index contributed by atoms with van der Waals surface area (Å²) < 4.78 is 6.94. The molecule has 0 radical (unpaired) electrons. The average molecular weight is 339 g/mol. The molecule has 1 aliphatic carbocycles. The molecule has 2 aliphatic rings. The van der Waals surface area contributed by atoms with E-state index < -0.39 is 0 Å². The Bertz CT molecular complexity index is 917. The van der Waals surface area contributed by atoms with Crippen molar-refractivity contribution in [3.05, 3.63) is 56.6 Å². The van der Waals surface area contributed by atoms with Crippen molar-refractivity contribution in [2.75, 3.05) is 13.7 Å². The highest BCUT2D eigenvalue weighted by atomic mass is 16.5. The number of hydrogen-bond acceptors (Lipinski definition) is 4. The monoisotopic (exact) mass is 339 g/mol. The van der Waals surface area contributed by atoms with Crippen molar-refractivity contribution in [2.24, 2.45) is 7.05 Å². The van der Waals surface area contributed by atoms with E-state index in [2.05, 4.69) is 4.98 Å². The van der Waals surface area contributed by atoms with Crippen LogP contribution in [-0.4, -0.2) is 34.0 Å². The lowest BCUT2D eigenvalue weighted by Crippen LogP contribution is -2.37. The molecule has 0 spiro atoms. The number of rotatable bonds is 2. The molecular weight excluding hydrogens is 318 g/mol. The van der Waals surface area contributed by atoms with Crippen LogP contribution in [0.5, 0.6) is 5.88 Å². The molecule has 0 N–H and O–H groups in total. The molecule has 1 aliphatic heterocycles. The van der Waals surface area contributed by atoms with Gasteiger partial charge in [0.1, 0.15) is 5.56 Å². The third-order valence-electron chi connectivity index (χ3n) is 5.15. The molecule has 0 bridgehead atoms. The van der Waals surface area contributed by atoms with Gasteiger partial charge in [-0.2, -0.15) is 0 Å². The maximum Gasteiger partial charge on any atom is 0.259 e. The van der Waals surface area contributed by atoms with Gasteiger partial charge in [0.05, 0.1) is 7.11 Å². The highest BCUT2D eigenvalue weighted by molar-refractivity contribution is 5.96. The van der Waals surface area contributed by atoms with Gasteiger partial charge in [0.25, 0.3) is 11.5 Å². The average Bonchev–Trinajstić information content (AvgIpc) is 3.08. The lowest BCUT2D eigenvalue weighted by Gasteiger charge is -2.29. The first-order valence-electron chi connectivity index (χ1n) is 8.61. The summed E-state index contributed by atoms with van der Waals surface area (Å²) in [7, 11) is 3.29. The summed E-state index contributed by atoms with van der Waals surface area (Å²) in [5, 5.41) is 0. The minimum absolute atomic E-state index is 0.0111. The zero-order valence-electron chi connectivity index (χ0n) is 14.5. The van der Waals surface area contributed by atoms with Crippen molar-refractivity contribution in [1.82, 2.24) is 14.5 Å². The predicted octanol–water partition coefficient (Wildman–Crippen LogP) is 1.48. The molecular formula is C19H21N3O3. The van der Waals surface area contributed by atoms with E-state index in [9.17, 15) is 9.59 Å². The van der Waals surface area contributed by atoms with Crippen LogP contribution in [0.4, 0.5) is 0 Å². The van der Waals surface area contributed by atoms with Gasteiger partial charge in [-0.1, -0.05) is 0 Å². The van der Waals surface area contributed by atoms with Crippen LogP contribution in [0.25, 0.3) is 0 Å². The summed E-state index contributed by atoms with van der Waals surface area (Å²) in [4.78, 5) is 31.2. The molecule has 1 amide bonds. The van der Waals surface area contributed by atoms with Gasteiger partial charge in [-0.25, -0.2) is 4.98 Å². The van der Waals surface area contributed by atoms with Gasteiger partial charge in [0, 0.05) is 38.1 Å². The Morgan fingerprint density at radius 2 is 2.00 bits per heavy atom. The molecule has 6 nitrogen and oxygen atoms in total. The topological polar surface area (TPSA) is 64.4 Å². The number of ether oxygens (including phenoxy) is 1. The quantitative estimate of drug-likeness (QED) is 0.831. The number of hydrogen-bond donors (Lipinski definition) is 0. The third kappa shape index (κ3) is 2.71. The summed E-state index contributed by atoms with van der Waals surface area (Å²) in [5.74, 6) is 0.357. The molecule has 0 unspecified atom stereocenters. The van der Waals surface area contributed by atoms with Crippen molar-refractivity contribution < 1.29 is 9.53 Å². The van der Waals surface area contributed by atoms with Crippen LogP contribution in [0.1, 0.15) is 39.2 Å². The second kappa shape index (κ2) is 6.02. The maximum atomic E-state index is 13.1. The Hall–Kier alpha value is -2.63. The minimum atomic E-state index is -0.0569. The van der Waals surface area contributed by atoms with Crippen molar-refractivity contribution in [3.63, 3.8) is 0 Å². The van der Waals surface area contributed by atoms with Crippen molar-refractivity contribution >= 4 is 5.91 Å². The molecule has 0 aromatic carbocycles. The van der Waals surface area contributed by atoms with Crippen LogP contribution in [0, 0.1) is 0 Å². The Balaban J connectivity index is 1.66. The van der Waals surface area contributed by atoms with E-state index in [1.807, 2.05) is 17.2 Å². The van der Waals surface area contributed by atoms with Gasteiger partial charge < -0.3 is 14.2 Å². The Morgan fingerprint density at radius 1 is 1.16 bits per heavy atom. The number of nitrogens with zero attached hydrogens (tertiary/aromatic N) is 3. The summed E-state index contributed by atoms with van der Waals surface area (Å²) in [6, 6.07) is 3.63. The minimum Gasteiger partial charge on any atom is -0.480 e. The Morgan fingerprint density at radius 3 is 2.80 bits per heavy atom. The molecule has 0 saturated carbocycles. The van der Waals surface area contributed by atoms with E-state index in [0.29, 0.717) is 31.0 Å². The largest absolute Gasteiger partial charge is 0.480 e. The molecule has 0 atom stereocenters. The number of methoxy groups -OCH3 is 1. The highest BCUT2D eigenvalue weighted by Gasteiger charge is 2.27. The van der Waals surface area contributed by atoms with Crippen molar-refractivity contribution in [1.29, 1.82) is 0 Å². The molecule has 0 fully saturated rings. The second-order valence-electron chi connectivity index (χ2n) is 6.75. The molecule has 2 aromatic rings. The number of amides is 1. The first kappa shape index (κ1) is 15.9. The lowest BCUT2D eigenvalue weighted by atomic mass is 10.0. The summed E-state index contributed by atoms with van der Waals surface area (Å²) in [6.45, 7) is 1.10. The van der Waals surface area contributed by atoms with Gasteiger partial charge in [-0.15, -0.1) is 0 Å². The lowest BCUT2D eigenvalue weighted by molar-refractivity contribution is 0.0729. The molecule has 2 aromatic heterocycles. The number of fused-ring (bicyclic) bond motifs is 2. The fourth-order valence-electron chi connectivity index (χ4n) is 3.74. The highest BCUT2D eigenvalue weighted by Crippen LogP contribution is 2.28. The second-order valence-corrected chi connectivity index (χ2v) is 6.75. The standard InChI is InChI=1S/C19H21N3O3/c1-21-10-14-11-22(7-6-12(14)9-17(21)23)19(24)15-8-13-4-3-5-16(13)20-18(15)25-2/h8-10H,3-7,11H2,1-2H3. The summed E-state index contributed by atoms with van der Waals surface area (Å²) in [5.41, 5.74) is 4.79. The van der Waals surface area contributed by atoms with Crippen molar-refractivity contribution in [3.8, 4) is 5.88 Å². The smallest absolute Gasteiger partial charge is 0.259 e. The van der Waals surface area contributed by atoms with E-state index in [1.165, 1.54) is 0 Å². The van der Waals surface area contributed by atoms with Crippen LogP contribution >= 0.6 is 0 Å². The number of pyridine rings is 2. The van der Waals surface area contributed by atoms with E-state index in [0.717, 1.165) is 41.6 Å². The first-order valence-corrected chi connectivity index (χ1v) is 8.61. The maximum absolute atomic E-state index is 13.1. The molecule has 4 rings (SSSR count). The Labute approximate surface area is 146 Å². The SMILES string of the molecule is COc1nc2c(cc1C(=O)N1CCc3cc(=O)n(C)cc3C1)CCC2. The van der Waals surface area contributed by atoms with Crippen LogP contribution in [0.2, 0.25) is 0 Å². The molecule has 6 heteroatoms. The van der Waals surface area contributed by atoms with Crippen LogP contribution in [0.15, 0.2) is 23.1 Å². The van der Waals surface area contributed by atoms with E-state index in [4.69, 9.17) is 4.74 Å².